The van der Waals surface area contributed by atoms with Crippen LogP contribution in [0.5, 0.6) is 5.75 Å². The van der Waals surface area contributed by atoms with Crippen molar-refractivity contribution in [1.29, 1.82) is 0 Å². The minimum atomic E-state index is 0.549. The predicted octanol–water partition coefficient (Wildman–Crippen LogP) is 3.96. The molecule has 6 nitrogen and oxygen atoms in total. The summed E-state index contributed by atoms with van der Waals surface area (Å²) in [5, 5.41) is 3.85. The first-order valence-electron chi connectivity index (χ1n) is 8.07. The number of aromatic nitrogens is 4. The number of nitrogens with one attached hydrogen (secondary N) is 1. The molecule has 1 aliphatic heterocycles. The first-order valence-corrected chi connectivity index (χ1v) is 8.45. The van der Waals surface area contributed by atoms with E-state index in [9.17, 15) is 0 Å². The van der Waals surface area contributed by atoms with E-state index in [0.29, 0.717) is 16.6 Å². The molecule has 0 spiro atoms. The highest BCUT2D eigenvalue weighted by Gasteiger charge is 2.17. The van der Waals surface area contributed by atoms with Gasteiger partial charge >= 0.3 is 0 Å². The number of fused-ring (bicyclic) bond motifs is 3. The average molecular weight is 344 g/mol. The van der Waals surface area contributed by atoms with E-state index in [1.165, 1.54) is 19.3 Å². The van der Waals surface area contributed by atoms with Crippen molar-refractivity contribution in [3.8, 4) is 5.75 Å². The van der Waals surface area contributed by atoms with E-state index in [2.05, 4.69) is 19.9 Å². The summed E-state index contributed by atoms with van der Waals surface area (Å²) < 4.78 is 7.40. The van der Waals surface area contributed by atoms with Crippen molar-refractivity contribution >= 4 is 34.3 Å². The lowest BCUT2D eigenvalue weighted by molar-refractivity contribution is 0.415. The summed E-state index contributed by atoms with van der Waals surface area (Å²) in [7, 11) is 1.60. The van der Waals surface area contributed by atoms with Crippen molar-refractivity contribution < 1.29 is 4.74 Å². The molecule has 3 aromatic rings. The molecular weight excluding hydrogens is 326 g/mol. The van der Waals surface area contributed by atoms with E-state index in [0.717, 1.165) is 35.6 Å². The number of imidazole rings is 1. The van der Waals surface area contributed by atoms with Crippen LogP contribution in [0.3, 0.4) is 0 Å². The lowest BCUT2D eigenvalue weighted by Gasteiger charge is -2.09. The second-order valence-corrected chi connectivity index (χ2v) is 6.27. The summed E-state index contributed by atoms with van der Waals surface area (Å²) in [6.45, 7) is 0.969. The van der Waals surface area contributed by atoms with Gasteiger partial charge in [-0.15, -0.1) is 0 Å². The van der Waals surface area contributed by atoms with Crippen LogP contribution >= 0.6 is 11.6 Å². The Bertz CT molecular complexity index is 892. The zero-order chi connectivity index (χ0) is 16.5. The Morgan fingerprint density at radius 2 is 2.12 bits per heavy atom. The number of methoxy groups -OCH3 is 1. The topological polar surface area (TPSA) is 64.9 Å². The minimum Gasteiger partial charge on any atom is -0.495 e. The molecule has 0 radical (unpaired) electrons. The number of halogens is 1. The molecule has 0 bridgehead atoms. The van der Waals surface area contributed by atoms with Gasteiger partial charge in [-0.05, 0) is 31.0 Å². The van der Waals surface area contributed by atoms with E-state index in [1.807, 2.05) is 18.2 Å². The Hall–Kier alpha value is -2.34. The molecule has 2 aromatic heterocycles. The van der Waals surface area contributed by atoms with Crippen LogP contribution < -0.4 is 10.1 Å². The molecule has 0 unspecified atom stereocenters. The van der Waals surface area contributed by atoms with Crippen molar-refractivity contribution in [3.05, 3.63) is 35.4 Å². The van der Waals surface area contributed by atoms with Crippen LogP contribution in [0.1, 0.15) is 25.1 Å². The summed E-state index contributed by atoms with van der Waals surface area (Å²) in [4.78, 5) is 13.6. The highest BCUT2D eigenvalue weighted by Crippen LogP contribution is 2.30. The number of nitrogens with zero attached hydrogens (tertiary/aromatic N) is 4. The highest BCUT2D eigenvalue weighted by atomic mass is 35.5. The summed E-state index contributed by atoms with van der Waals surface area (Å²) >= 11 is 6.20. The van der Waals surface area contributed by atoms with Crippen LogP contribution in [0.2, 0.25) is 5.02 Å². The molecule has 0 fully saturated rings. The maximum absolute atomic E-state index is 6.20. The number of anilines is 2. The van der Waals surface area contributed by atoms with Gasteiger partial charge in [-0.25, -0.2) is 15.0 Å². The fourth-order valence-electron chi connectivity index (χ4n) is 3.11. The smallest absolute Gasteiger partial charge is 0.165 e. The van der Waals surface area contributed by atoms with Crippen molar-refractivity contribution in [2.75, 3.05) is 12.4 Å². The van der Waals surface area contributed by atoms with Crippen LogP contribution in [-0.4, -0.2) is 26.6 Å². The quantitative estimate of drug-likeness (QED) is 0.779. The number of aryl methyl sites for hydroxylation is 2. The third-order valence-electron chi connectivity index (χ3n) is 4.31. The van der Waals surface area contributed by atoms with Crippen LogP contribution in [0, 0.1) is 0 Å². The van der Waals surface area contributed by atoms with E-state index >= 15 is 0 Å². The molecule has 1 aromatic carbocycles. The number of hydrogen-bond donors (Lipinski definition) is 1. The molecular formula is C17H18ClN5O. The van der Waals surface area contributed by atoms with Gasteiger partial charge < -0.3 is 14.6 Å². The summed E-state index contributed by atoms with van der Waals surface area (Å²) in [6, 6.07) is 5.54. The Balaban J connectivity index is 1.73. The third-order valence-corrected chi connectivity index (χ3v) is 4.60. The lowest BCUT2D eigenvalue weighted by atomic mass is 10.2. The Kier molecular flexibility index (Phi) is 3.98. The van der Waals surface area contributed by atoms with Crippen molar-refractivity contribution in [3.63, 3.8) is 0 Å². The number of rotatable bonds is 3. The van der Waals surface area contributed by atoms with Crippen LogP contribution in [0.25, 0.3) is 11.2 Å². The van der Waals surface area contributed by atoms with Gasteiger partial charge in [0, 0.05) is 18.7 Å². The van der Waals surface area contributed by atoms with Crippen LogP contribution in [-0.2, 0) is 13.0 Å². The van der Waals surface area contributed by atoms with Crippen LogP contribution in [0.4, 0.5) is 11.5 Å². The van der Waals surface area contributed by atoms with Gasteiger partial charge in [-0.2, -0.15) is 0 Å². The summed E-state index contributed by atoms with van der Waals surface area (Å²) in [6.07, 6.45) is 6.15. The molecule has 4 rings (SSSR count). The molecule has 0 saturated heterocycles. The van der Waals surface area contributed by atoms with Crippen molar-refractivity contribution in [1.82, 2.24) is 19.5 Å². The zero-order valence-electron chi connectivity index (χ0n) is 13.4. The van der Waals surface area contributed by atoms with Gasteiger partial charge in [0.1, 0.15) is 17.9 Å². The van der Waals surface area contributed by atoms with Crippen molar-refractivity contribution in [2.45, 2.75) is 32.2 Å². The highest BCUT2D eigenvalue weighted by molar-refractivity contribution is 6.32. The zero-order valence-corrected chi connectivity index (χ0v) is 14.2. The fraction of sp³-hybridized carbons (Fsp3) is 0.353. The van der Waals surface area contributed by atoms with E-state index in [1.54, 1.807) is 13.4 Å². The molecule has 1 aliphatic rings. The average Bonchev–Trinajstić information content (AvgIpc) is 2.78. The first-order chi connectivity index (χ1) is 11.8. The molecule has 0 aliphatic carbocycles. The minimum absolute atomic E-state index is 0.549. The molecule has 124 valence electrons. The molecule has 3 heterocycles. The second kappa shape index (κ2) is 6.28. The van der Waals surface area contributed by atoms with Gasteiger partial charge in [0.25, 0.3) is 0 Å². The predicted molar refractivity (Wildman–Crippen MR) is 94.2 cm³/mol. The monoisotopic (exact) mass is 343 g/mol. The number of benzene rings is 1. The Labute approximate surface area is 144 Å². The first kappa shape index (κ1) is 15.2. The largest absolute Gasteiger partial charge is 0.495 e. The normalized spacial score (nSPS) is 14.2. The molecule has 1 N–H and O–H groups in total. The Morgan fingerprint density at radius 1 is 1.21 bits per heavy atom. The maximum atomic E-state index is 6.20. The maximum Gasteiger partial charge on any atom is 0.165 e. The van der Waals surface area contributed by atoms with E-state index in [4.69, 9.17) is 21.3 Å². The Morgan fingerprint density at radius 3 is 2.96 bits per heavy atom. The van der Waals surface area contributed by atoms with Crippen LogP contribution in [0.15, 0.2) is 24.5 Å². The van der Waals surface area contributed by atoms with Crippen molar-refractivity contribution in [2.24, 2.45) is 0 Å². The van der Waals surface area contributed by atoms with Gasteiger partial charge in [0.15, 0.2) is 17.0 Å². The molecule has 0 amide bonds. The number of ether oxygens (including phenoxy) is 1. The van der Waals surface area contributed by atoms with Gasteiger partial charge in [-0.1, -0.05) is 18.0 Å². The van der Waals surface area contributed by atoms with E-state index < -0.39 is 0 Å². The molecule has 7 heteroatoms. The second-order valence-electron chi connectivity index (χ2n) is 5.86. The van der Waals surface area contributed by atoms with E-state index in [-0.39, 0.29) is 0 Å². The van der Waals surface area contributed by atoms with Gasteiger partial charge in [0.05, 0.1) is 12.1 Å². The molecule has 0 atom stereocenters. The lowest BCUT2D eigenvalue weighted by Crippen LogP contribution is -2.02. The van der Waals surface area contributed by atoms with Gasteiger partial charge in [-0.3, -0.25) is 0 Å². The summed E-state index contributed by atoms with van der Waals surface area (Å²) in [5.74, 6) is 2.43. The summed E-state index contributed by atoms with van der Waals surface area (Å²) in [5.41, 5.74) is 2.54. The molecule has 0 saturated carbocycles. The third kappa shape index (κ3) is 2.67. The molecule has 24 heavy (non-hydrogen) atoms. The fourth-order valence-corrected chi connectivity index (χ4v) is 3.37. The standard InChI is InChI=1S/C17H18ClN5O/c1-24-13-7-6-11(9-12(13)18)21-16-15-17(20-10-19-16)23-8-4-2-3-5-14(23)22-15/h6-7,9-10H,2-5,8H2,1H3,(H,19,20,21). The SMILES string of the molecule is COc1ccc(Nc2ncnc3c2nc2n3CCCCC2)cc1Cl. The number of hydrogen-bond acceptors (Lipinski definition) is 5. The van der Waals surface area contributed by atoms with Gasteiger partial charge in [0.2, 0.25) is 0 Å².